The molecule has 0 bridgehead atoms. The predicted molar refractivity (Wildman–Crippen MR) is 61.5 cm³/mol. The van der Waals surface area contributed by atoms with E-state index in [2.05, 4.69) is 0 Å². The van der Waals surface area contributed by atoms with Crippen molar-refractivity contribution in [2.45, 2.75) is 44.2 Å². The molecule has 88 valence electrons. The molecule has 0 aromatic heterocycles. The Bertz CT molecular complexity index is 384. The summed E-state index contributed by atoms with van der Waals surface area (Å²) in [6, 6.07) is 5.19. The monoisotopic (exact) mass is 223 g/mol. The van der Waals surface area contributed by atoms with Gasteiger partial charge in [0.05, 0.1) is 6.10 Å². The molecule has 1 aliphatic rings. The van der Waals surface area contributed by atoms with Crippen molar-refractivity contribution in [3.8, 4) is 0 Å². The first-order valence-corrected chi connectivity index (χ1v) is 5.75. The highest BCUT2D eigenvalue weighted by Gasteiger charge is 2.34. The Morgan fingerprint density at radius 3 is 2.56 bits per heavy atom. The van der Waals surface area contributed by atoms with Crippen molar-refractivity contribution in [2.24, 2.45) is 5.73 Å². The molecule has 0 spiro atoms. The topological polar surface area (TPSA) is 46.2 Å². The van der Waals surface area contributed by atoms with Gasteiger partial charge in [-0.1, -0.05) is 12.1 Å². The Morgan fingerprint density at radius 1 is 1.38 bits per heavy atom. The summed E-state index contributed by atoms with van der Waals surface area (Å²) in [6.07, 6.45) is 2.33. The van der Waals surface area contributed by atoms with Crippen LogP contribution in [-0.2, 0) is 5.54 Å². The van der Waals surface area contributed by atoms with Gasteiger partial charge in [0.2, 0.25) is 0 Å². The quantitative estimate of drug-likeness (QED) is 0.767. The number of aliphatic hydroxyl groups excluding tert-OH is 1. The normalized spacial score (nSPS) is 30.4. The Morgan fingerprint density at radius 2 is 2.00 bits per heavy atom. The van der Waals surface area contributed by atoms with Gasteiger partial charge in [0.25, 0.3) is 0 Å². The van der Waals surface area contributed by atoms with Crippen LogP contribution in [0.2, 0.25) is 0 Å². The fourth-order valence-electron chi connectivity index (χ4n) is 2.41. The molecule has 0 aliphatic heterocycles. The first-order valence-electron chi connectivity index (χ1n) is 5.75. The van der Waals surface area contributed by atoms with Crippen LogP contribution in [0.1, 0.15) is 36.8 Å². The molecule has 3 N–H and O–H groups in total. The van der Waals surface area contributed by atoms with E-state index in [1.54, 1.807) is 6.07 Å². The van der Waals surface area contributed by atoms with Crippen molar-refractivity contribution >= 4 is 0 Å². The molecule has 0 radical (unpaired) electrons. The van der Waals surface area contributed by atoms with E-state index < -0.39 is 5.54 Å². The number of rotatable bonds is 1. The summed E-state index contributed by atoms with van der Waals surface area (Å²) in [4.78, 5) is 0. The highest BCUT2D eigenvalue weighted by atomic mass is 19.1. The number of hydrogen-bond donors (Lipinski definition) is 2. The molecule has 0 saturated heterocycles. The van der Waals surface area contributed by atoms with E-state index in [4.69, 9.17) is 5.73 Å². The van der Waals surface area contributed by atoms with Crippen molar-refractivity contribution in [1.29, 1.82) is 0 Å². The van der Waals surface area contributed by atoms with Crippen molar-refractivity contribution in [2.75, 3.05) is 0 Å². The van der Waals surface area contributed by atoms with Crippen LogP contribution in [0.3, 0.4) is 0 Å². The zero-order chi connectivity index (χ0) is 11.8. The summed E-state index contributed by atoms with van der Waals surface area (Å²) < 4.78 is 13.8. The summed E-state index contributed by atoms with van der Waals surface area (Å²) in [6.45, 7) is 1.86. The van der Waals surface area contributed by atoms with E-state index >= 15 is 0 Å². The second-order valence-corrected chi connectivity index (χ2v) is 4.87. The lowest BCUT2D eigenvalue weighted by molar-refractivity contribution is 0.0957. The molecule has 2 nitrogen and oxygen atoms in total. The molecule has 1 aromatic carbocycles. The summed E-state index contributed by atoms with van der Waals surface area (Å²) in [5, 5.41) is 9.45. The highest BCUT2D eigenvalue weighted by Crippen LogP contribution is 2.36. The van der Waals surface area contributed by atoms with Gasteiger partial charge < -0.3 is 10.8 Å². The van der Waals surface area contributed by atoms with Crippen LogP contribution in [0.4, 0.5) is 4.39 Å². The zero-order valence-corrected chi connectivity index (χ0v) is 9.54. The highest BCUT2D eigenvalue weighted by molar-refractivity contribution is 5.30. The Kier molecular flexibility index (Phi) is 3.00. The summed E-state index contributed by atoms with van der Waals surface area (Å²) >= 11 is 0. The number of benzene rings is 1. The van der Waals surface area contributed by atoms with Gasteiger partial charge in [-0.2, -0.15) is 0 Å². The van der Waals surface area contributed by atoms with Crippen LogP contribution in [0.25, 0.3) is 0 Å². The van der Waals surface area contributed by atoms with E-state index in [1.807, 2.05) is 13.0 Å². The van der Waals surface area contributed by atoms with Crippen LogP contribution >= 0.6 is 0 Å². The van der Waals surface area contributed by atoms with Crippen molar-refractivity contribution in [3.05, 3.63) is 35.1 Å². The van der Waals surface area contributed by atoms with Crippen molar-refractivity contribution in [3.63, 3.8) is 0 Å². The number of aliphatic hydroxyl groups is 1. The molecule has 0 unspecified atom stereocenters. The first kappa shape index (κ1) is 11.6. The minimum absolute atomic E-state index is 0.223. The van der Waals surface area contributed by atoms with Crippen LogP contribution in [-0.4, -0.2) is 11.2 Å². The van der Waals surface area contributed by atoms with Crippen LogP contribution in [0.15, 0.2) is 18.2 Å². The first-order chi connectivity index (χ1) is 7.51. The molecule has 3 heteroatoms. The smallest absolute Gasteiger partial charge is 0.128 e. The zero-order valence-electron chi connectivity index (χ0n) is 9.54. The van der Waals surface area contributed by atoms with Gasteiger partial charge in [-0.05, 0) is 44.2 Å². The summed E-state index contributed by atoms with van der Waals surface area (Å²) in [5.41, 5.74) is 7.13. The largest absolute Gasteiger partial charge is 0.393 e. The fourth-order valence-corrected chi connectivity index (χ4v) is 2.41. The van der Waals surface area contributed by atoms with E-state index in [1.165, 1.54) is 6.07 Å². The van der Waals surface area contributed by atoms with E-state index in [0.717, 1.165) is 5.56 Å². The number of nitrogens with two attached hydrogens (primary N) is 1. The third-order valence-electron chi connectivity index (χ3n) is 3.51. The predicted octanol–water partition coefficient (Wildman–Crippen LogP) is 2.22. The van der Waals surface area contributed by atoms with Gasteiger partial charge in [-0.3, -0.25) is 0 Å². The molecule has 0 heterocycles. The van der Waals surface area contributed by atoms with Gasteiger partial charge in [0.1, 0.15) is 5.82 Å². The number of aryl methyl sites for hydroxylation is 1. The molecule has 1 fully saturated rings. The standard InChI is InChI=1S/C13H18FNO/c1-9-2-3-11(12(14)8-9)13(15)6-4-10(16)5-7-13/h2-3,8,10,16H,4-7,15H2,1H3. The molecule has 0 amide bonds. The van der Waals surface area contributed by atoms with Crippen molar-refractivity contribution in [1.82, 2.24) is 0 Å². The lowest BCUT2D eigenvalue weighted by atomic mass is 9.76. The molecule has 2 rings (SSSR count). The third-order valence-corrected chi connectivity index (χ3v) is 3.51. The van der Waals surface area contributed by atoms with Gasteiger partial charge in [-0.25, -0.2) is 4.39 Å². The van der Waals surface area contributed by atoms with E-state index in [0.29, 0.717) is 31.2 Å². The van der Waals surface area contributed by atoms with Crippen LogP contribution < -0.4 is 5.73 Å². The van der Waals surface area contributed by atoms with Gasteiger partial charge >= 0.3 is 0 Å². The van der Waals surface area contributed by atoms with Crippen LogP contribution in [0.5, 0.6) is 0 Å². The maximum Gasteiger partial charge on any atom is 0.128 e. The average molecular weight is 223 g/mol. The van der Waals surface area contributed by atoms with Gasteiger partial charge in [-0.15, -0.1) is 0 Å². The Labute approximate surface area is 95.3 Å². The Hall–Kier alpha value is -0.930. The second-order valence-electron chi connectivity index (χ2n) is 4.87. The maximum absolute atomic E-state index is 13.8. The number of hydrogen-bond acceptors (Lipinski definition) is 2. The van der Waals surface area contributed by atoms with E-state index in [-0.39, 0.29) is 11.9 Å². The van der Waals surface area contributed by atoms with Crippen LogP contribution in [0, 0.1) is 12.7 Å². The van der Waals surface area contributed by atoms with Crippen molar-refractivity contribution < 1.29 is 9.50 Å². The maximum atomic E-state index is 13.8. The average Bonchev–Trinajstić information content (AvgIpc) is 2.22. The van der Waals surface area contributed by atoms with Gasteiger partial charge in [0.15, 0.2) is 0 Å². The molecule has 0 atom stereocenters. The third kappa shape index (κ3) is 2.11. The molecule has 16 heavy (non-hydrogen) atoms. The minimum Gasteiger partial charge on any atom is -0.393 e. The molecule has 1 saturated carbocycles. The molecule has 1 aromatic rings. The lowest BCUT2D eigenvalue weighted by Crippen LogP contribution is -2.42. The molecular weight excluding hydrogens is 205 g/mol. The Balaban J connectivity index is 2.29. The molecular formula is C13H18FNO. The van der Waals surface area contributed by atoms with Gasteiger partial charge in [0, 0.05) is 11.1 Å². The summed E-state index contributed by atoms with van der Waals surface area (Å²) in [7, 11) is 0. The number of halogens is 1. The lowest BCUT2D eigenvalue weighted by Gasteiger charge is -2.36. The van der Waals surface area contributed by atoms with E-state index in [9.17, 15) is 9.50 Å². The molecule has 1 aliphatic carbocycles. The minimum atomic E-state index is -0.600. The summed E-state index contributed by atoms with van der Waals surface area (Å²) in [5.74, 6) is -0.223. The SMILES string of the molecule is Cc1ccc(C2(N)CCC(O)CC2)c(F)c1. The second kappa shape index (κ2) is 4.15. The fraction of sp³-hybridized carbons (Fsp3) is 0.538.